The zero-order valence-corrected chi connectivity index (χ0v) is 11.9. The summed E-state index contributed by atoms with van der Waals surface area (Å²) in [7, 11) is 0. The molecule has 2 amide bonds. The van der Waals surface area contributed by atoms with Crippen molar-refractivity contribution in [2.75, 3.05) is 18.5 Å². The van der Waals surface area contributed by atoms with E-state index in [0.29, 0.717) is 12.2 Å². The normalized spacial score (nSPS) is 17.8. The molecule has 1 heterocycles. The Labute approximate surface area is 118 Å². The highest BCUT2D eigenvalue weighted by Gasteiger charge is 2.19. The van der Waals surface area contributed by atoms with Gasteiger partial charge in [0.2, 0.25) is 0 Å². The van der Waals surface area contributed by atoms with Gasteiger partial charge in [0, 0.05) is 18.8 Å². The van der Waals surface area contributed by atoms with Gasteiger partial charge in [0.25, 0.3) is 0 Å². The summed E-state index contributed by atoms with van der Waals surface area (Å²) < 4.78 is 5.38. The van der Waals surface area contributed by atoms with Crippen molar-refractivity contribution in [1.29, 1.82) is 0 Å². The molecular formula is C15H20N2O3. The first kappa shape index (κ1) is 14.5. The molecule has 0 saturated carbocycles. The predicted octanol–water partition coefficient (Wildman–Crippen LogP) is 1.54. The highest BCUT2D eigenvalue weighted by Crippen LogP contribution is 2.14. The first-order valence-corrected chi connectivity index (χ1v) is 6.84. The van der Waals surface area contributed by atoms with E-state index >= 15 is 0 Å². The molecule has 0 spiro atoms. The highest BCUT2D eigenvalue weighted by atomic mass is 16.5. The van der Waals surface area contributed by atoms with Crippen molar-refractivity contribution < 1.29 is 14.3 Å². The fourth-order valence-corrected chi connectivity index (χ4v) is 2.10. The van der Waals surface area contributed by atoms with Crippen LogP contribution in [0.2, 0.25) is 0 Å². The minimum absolute atomic E-state index is 0.0355. The van der Waals surface area contributed by atoms with Gasteiger partial charge in [-0.2, -0.15) is 0 Å². The standard InChI is InChI=1S/C15H20N2O3/c1-10-5-6-12(8-11(10)2)17-15(19)14(18)16-9-13-4-3-7-20-13/h5-6,8,13H,3-4,7,9H2,1-2H3,(H,16,18)(H,17,19)/t13-/m1/s1. The summed E-state index contributed by atoms with van der Waals surface area (Å²) in [6, 6.07) is 5.55. The Morgan fingerprint density at radius 1 is 1.25 bits per heavy atom. The lowest BCUT2D eigenvalue weighted by molar-refractivity contribution is -0.136. The molecule has 5 nitrogen and oxygen atoms in total. The first-order chi connectivity index (χ1) is 9.56. The summed E-state index contributed by atoms with van der Waals surface area (Å²) in [5, 5.41) is 5.19. The van der Waals surface area contributed by atoms with Gasteiger partial charge in [-0.3, -0.25) is 9.59 Å². The Morgan fingerprint density at radius 2 is 2.05 bits per heavy atom. The van der Waals surface area contributed by atoms with Crippen LogP contribution >= 0.6 is 0 Å². The van der Waals surface area contributed by atoms with Crippen LogP contribution < -0.4 is 10.6 Å². The highest BCUT2D eigenvalue weighted by molar-refractivity contribution is 6.39. The lowest BCUT2D eigenvalue weighted by Gasteiger charge is -2.11. The van der Waals surface area contributed by atoms with E-state index in [0.717, 1.165) is 30.6 Å². The molecule has 0 aliphatic carbocycles. The number of carbonyl (C=O) groups excluding carboxylic acids is 2. The van der Waals surface area contributed by atoms with E-state index in [4.69, 9.17) is 4.74 Å². The molecule has 1 saturated heterocycles. The largest absolute Gasteiger partial charge is 0.376 e. The Bertz CT molecular complexity index is 508. The molecule has 1 aromatic rings. The van der Waals surface area contributed by atoms with Crippen molar-refractivity contribution in [3.63, 3.8) is 0 Å². The molecule has 0 unspecified atom stereocenters. The monoisotopic (exact) mass is 276 g/mol. The Balaban J connectivity index is 1.83. The van der Waals surface area contributed by atoms with Gasteiger partial charge in [0.05, 0.1) is 6.10 Å². The van der Waals surface area contributed by atoms with Crippen LogP contribution in [0.5, 0.6) is 0 Å². The first-order valence-electron chi connectivity index (χ1n) is 6.84. The molecule has 1 fully saturated rings. The fraction of sp³-hybridized carbons (Fsp3) is 0.467. The third kappa shape index (κ3) is 3.81. The average molecular weight is 276 g/mol. The van der Waals surface area contributed by atoms with Crippen LogP contribution in [0.3, 0.4) is 0 Å². The van der Waals surface area contributed by atoms with Crippen LogP contribution in [-0.2, 0) is 14.3 Å². The molecule has 5 heteroatoms. The summed E-state index contributed by atoms with van der Waals surface area (Å²) in [6.45, 7) is 5.08. The van der Waals surface area contributed by atoms with Gasteiger partial charge in [-0.15, -0.1) is 0 Å². The third-order valence-electron chi connectivity index (χ3n) is 3.49. The summed E-state index contributed by atoms with van der Waals surface area (Å²) >= 11 is 0. The minimum Gasteiger partial charge on any atom is -0.376 e. The van der Waals surface area contributed by atoms with E-state index in [1.165, 1.54) is 0 Å². The van der Waals surface area contributed by atoms with E-state index in [1.54, 1.807) is 6.07 Å². The number of anilines is 1. The summed E-state index contributed by atoms with van der Waals surface area (Å²) in [6.07, 6.45) is 1.97. The fourth-order valence-electron chi connectivity index (χ4n) is 2.10. The Kier molecular flexibility index (Phi) is 4.74. The van der Waals surface area contributed by atoms with Gasteiger partial charge in [0.15, 0.2) is 0 Å². The predicted molar refractivity (Wildman–Crippen MR) is 76.5 cm³/mol. The number of hydrogen-bond acceptors (Lipinski definition) is 3. The Hall–Kier alpha value is -1.88. The molecule has 1 aromatic carbocycles. The Morgan fingerprint density at radius 3 is 2.70 bits per heavy atom. The molecule has 2 N–H and O–H groups in total. The number of amides is 2. The average Bonchev–Trinajstić information content (AvgIpc) is 2.93. The maximum atomic E-state index is 11.7. The third-order valence-corrected chi connectivity index (χ3v) is 3.49. The zero-order chi connectivity index (χ0) is 14.5. The lowest BCUT2D eigenvalue weighted by Crippen LogP contribution is -2.39. The van der Waals surface area contributed by atoms with E-state index in [2.05, 4.69) is 10.6 Å². The minimum atomic E-state index is -0.647. The van der Waals surface area contributed by atoms with Crippen molar-refractivity contribution in [2.24, 2.45) is 0 Å². The van der Waals surface area contributed by atoms with E-state index in [1.807, 2.05) is 26.0 Å². The maximum absolute atomic E-state index is 11.7. The number of carbonyl (C=O) groups is 2. The molecule has 0 aromatic heterocycles. The van der Waals surface area contributed by atoms with Gasteiger partial charge < -0.3 is 15.4 Å². The molecule has 2 rings (SSSR count). The van der Waals surface area contributed by atoms with Crippen LogP contribution in [0.25, 0.3) is 0 Å². The molecular weight excluding hydrogens is 256 g/mol. The summed E-state index contributed by atoms with van der Waals surface area (Å²) in [5.41, 5.74) is 2.85. The van der Waals surface area contributed by atoms with Crippen LogP contribution in [0.4, 0.5) is 5.69 Å². The zero-order valence-electron chi connectivity index (χ0n) is 11.9. The van der Waals surface area contributed by atoms with Crippen molar-refractivity contribution in [3.8, 4) is 0 Å². The molecule has 108 valence electrons. The van der Waals surface area contributed by atoms with Crippen LogP contribution in [0, 0.1) is 13.8 Å². The smallest absolute Gasteiger partial charge is 0.313 e. The van der Waals surface area contributed by atoms with Gasteiger partial charge in [-0.1, -0.05) is 6.07 Å². The second-order valence-corrected chi connectivity index (χ2v) is 5.10. The van der Waals surface area contributed by atoms with Crippen molar-refractivity contribution in [3.05, 3.63) is 29.3 Å². The van der Waals surface area contributed by atoms with Crippen LogP contribution in [0.1, 0.15) is 24.0 Å². The number of hydrogen-bond donors (Lipinski definition) is 2. The van der Waals surface area contributed by atoms with Gasteiger partial charge >= 0.3 is 11.8 Å². The topological polar surface area (TPSA) is 67.4 Å². The molecule has 20 heavy (non-hydrogen) atoms. The van der Waals surface area contributed by atoms with Crippen molar-refractivity contribution >= 4 is 17.5 Å². The van der Waals surface area contributed by atoms with E-state index in [-0.39, 0.29) is 6.10 Å². The number of rotatable bonds is 3. The quantitative estimate of drug-likeness (QED) is 0.823. The number of ether oxygens (including phenoxy) is 1. The van der Waals surface area contributed by atoms with Crippen LogP contribution in [-0.4, -0.2) is 31.1 Å². The lowest BCUT2D eigenvalue weighted by atomic mass is 10.1. The van der Waals surface area contributed by atoms with Crippen molar-refractivity contribution in [1.82, 2.24) is 5.32 Å². The van der Waals surface area contributed by atoms with Crippen LogP contribution in [0.15, 0.2) is 18.2 Å². The molecule has 1 aliphatic rings. The number of benzene rings is 1. The SMILES string of the molecule is Cc1ccc(NC(=O)C(=O)NC[C@H]2CCCO2)cc1C. The molecule has 1 atom stereocenters. The van der Waals surface area contributed by atoms with Gasteiger partial charge in [0.1, 0.15) is 0 Å². The van der Waals surface area contributed by atoms with Gasteiger partial charge in [-0.05, 0) is 49.9 Å². The number of nitrogens with one attached hydrogen (secondary N) is 2. The second kappa shape index (κ2) is 6.52. The van der Waals surface area contributed by atoms with E-state index < -0.39 is 11.8 Å². The van der Waals surface area contributed by atoms with Gasteiger partial charge in [-0.25, -0.2) is 0 Å². The van der Waals surface area contributed by atoms with Crippen molar-refractivity contribution in [2.45, 2.75) is 32.8 Å². The second-order valence-electron chi connectivity index (χ2n) is 5.10. The molecule has 0 radical (unpaired) electrons. The maximum Gasteiger partial charge on any atom is 0.313 e. The number of aryl methyl sites for hydroxylation is 2. The summed E-state index contributed by atoms with van der Waals surface area (Å²) in [5.74, 6) is -1.27. The molecule has 1 aliphatic heterocycles. The molecule has 0 bridgehead atoms. The summed E-state index contributed by atoms with van der Waals surface area (Å²) in [4.78, 5) is 23.4. The van der Waals surface area contributed by atoms with E-state index in [9.17, 15) is 9.59 Å².